The van der Waals surface area contributed by atoms with E-state index in [-0.39, 0.29) is 38.0 Å². The molecule has 446 valence electrons. The van der Waals surface area contributed by atoms with Crippen molar-refractivity contribution in [2.75, 3.05) is 13.2 Å². The average molecular weight is 1110 g/mol. The minimum Gasteiger partial charge on any atom is -0.462 e. The van der Waals surface area contributed by atoms with Gasteiger partial charge in [0.2, 0.25) is 0 Å². The predicted octanol–water partition coefficient (Wildman–Crippen LogP) is 21.8. The van der Waals surface area contributed by atoms with Crippen LogP contribution in [0.1, 0.15) is 213 Å². The van der Waals surface area contributed by atoms with Crippen molar-refractivity contribution in [3.63, 3.8) is 0 Å². The minimum absolute atomic E-state index is 0.146. The summed E-state index contributed by atoms with van der Waals surface area (Å²) in [6, 6.07) is 0. The fraction of sp³-hybridized carbons (Fsp3) is 0.480. The van der Waals surface area contributed by atoms with E-state index in [1.54, 1.807) is 0 Å². The SMILES string of the molecule is CC/C=C\C/C=C\C/C=C\C/C=C\C/C=C\C/C=C\C/C=C\C/C=C\C/C=C\CCCCCCCC(=O)OCC(COC(=O)CC/C=C\C/C=C\C/C=C\C/C=C\CC)OC(=O)CCC/C=C\C/C=C\C/C=C\C/C=C\C/C=C\CC. The smallest absolute Gasteiger partial charge is 0.306 e. The predicted molar refractivity (Wildman–Crippen MR) is 352 cm³/mol. The molecule has 0 aliphatic heterocycles. The zero-order valence-electron chi connectivity index (χ0n) is 50.9. The molecule has 0 saturated heterocycles. The fourth-order valence-corrected chi connectivity index (χ4v) is 7.42. The Morgan fingerprint density at radius 3 is 0.802 bits per heavy atom. The lowest BCUT2D eigenvalue weighted by molar-refractivity contribution is -0.166. The van der Waals surface area contributed by atoms with E-state index >= 15 is 0 Å². The third-order valence-electron chi connectivity index (χ3n) is 12.0. The summed E-state index contributed by atoms with van der Waals surface area (Å²) in [4.78, 5) is 38.2. The van der Waals surface area contributed by atoms with Crippen LogP contribution in [0.2, 0.25) is 0 Å². The van der Waals surface area contributed by atoms with Crippen LogP contribution in [0.5, 0.6) is 0 Å². The number of allylic oxidation sites excluding steroid dienone is 36. The standard InChI is InChI=1S/C75H110O6/c1-4-7-10-13-16-19-22-25-27-29-30-31-32-33-34-35-36-37-38-39-40-41-42-43-44-46-47-50-53-56-59-62-65-68-74(77)80-71-72(70-79-73(76)67-64-61-58-55-52-49-24-21-18-15-12-9-6-3)81-75(78)69-66-63-60-57-54-51-48-45-28-26-23-20-17-14-11-8-5-2/h7-12,16-21,25-28,30-31,33-34,36-37,39-40,42-43,46-49,51-52,57-58,60-61,72H,4-6,13-15,22-24,29,32,35,38,41,44-45,50,53-56,59,62-71H2,1-3H3/b10-7-,11-8-,12-9-,19-16-,20-17-,21-18-,27-25-,28-26-,31-30-,34-33-,37-36-,40-39-,43-42-,47-46-,51-48-,52-49-,60-57-,61-58-. The molecular formula is C75H110O6. The van der Waals surface area contributed by atoms with Crippen molar-refractivity contribution in [1.29, 1.82) is 0 Å². The van der Waals surface area contributed by atoms with Gasteiger partial charge in [-0.2, -0.15) is 0 Å². The van der Waals surface area contributed by atoms with Crippen LogP contribution in [-0.4, -0.2) is 37.2 Å². The van der Waals surface area contributed by atoms with Crippen molar-refractivity contribution in [1.82, 2.24) is 0 Å². The van der Waals surface area contributed by atoms with Crippen molar-refractivity contribution in [3.05, 3.63) is 219 Å². The largest absolute Gasteiger partial charge is 0.462 e. The molecule has 0 fully saturated rings. The number of unbranched alkanes of at least 4 members (excludes halogenated alkanes) is 6. The Morgan fingerprint density at radius 2 is 0.481 bits per heavy atom. The van der Waals surface area contributed by atoms with Gasteiger partial charge in [-0.05, 0) is 154 Å². The quantitative estimate of drug-likeness (QED) is 0.0261. The monoisotopic (exact) mass is 1110 g/mol. The second-order valence-electron chi connectivity index (χ2n) is 19.5. The molecule has 6 nitrogen and oxygen atoms in total. The maximum absolute atomic E-state index is 12.8. The number of rotatable bonds is 53. The highest BCUT2D eigenvalue weighted by Gasteiger charge is 2.19. The number of carbonyl (C=O) groups excluding carboxylic acids is 3. The molecule has 0 spiro atoms. The van der Waals surface area contributed by atoms with Gasteiger partial charge < -0.3 is 14.2 Å². The normalized spacial score (nSPS) is 13.7. The van der Waals surface area contributed by atoms with Crippen molar-refractivity contribution in [2.24, 2.45) is 0 Å². The van der Waals surface area contributed by atoms with E-state index in [1.807, 2.05) is 12.2 Å². The lowest BCUT2D eigenvalue weighted by Crippen LogP contribution is -2.30. The van der Waals surface area contributed by atoms with Gasteiger partial charge in [0.05, 0.1) is 0 Å². The molecule has 81 heavy (non-hydrogen) atoms. The molecule has 0 saturated carbocycles. The third kappa shape index (κ3) is 64.4. The zero-order chi connectivity index (χ0) is 58.5. The molecule has 6 heteroatoms. The number of hydrogen-bond donors (Lipinski definition) is 0. The van der Waals surface area contributed by atoms with Crippen LogP contribution in [0.15, 0.2) is 219 Å². The number of hydrogen-bond acceptors (Lipinski definition) is 6. The Kier molecular flexibility index (Phi) is 61.1. The maximum Gasteiger partial charge on any atom is 0.306 e. The van der Waals surface area contributed by atoms with Crippen molar-refractivity contribution in [3.8, 4) is 0 Å². The van der Waals surface area contributed by atoms with E-state index in [2.05, 4.69) is 227 Å². The topological polar surface area (TPSA) is 78.9 Å². The van der Waals surface area contributed by atoms with Gasteiger partial charge in [-0.1, -0.05) is 259 Å². The average Bonchev–Trinajstić information content (AvgIpc) is 3.46. The van der Waals surface area contributed by atoms with Crippen LogP contribution >= 0.6 is 0 Å². The van der Waals surface area contributed by atoms with Crippen LogP contribution in [0, 0.1) is 0 Å². The second kappa shape index (κ2) is 66.2. The zero-order valence-corrected chi connectivity index (χ0v) is 50.9. The van der Waals surface area contributed by atoms with E-state index in [4.69, 9.17) is 14.2 Å². The summed E-state index contributed by atoms with van der Waals surface area (Å²) in [7, 11) is 0. The lowest BCUT2D eigenvalue weighted by Gasteiger charge is -2.18. The minimum atomic E-state index is -0.860. The lowest BCUT2D eigenvalue weighted by atomic mass is 10.1. The maximum atomic E-state index is 12.8. The van der Waals surface area contributed by atoms with Gasteiger partial charge in [0.25, 0.3) is 0 Å². The van der Waals surface area contributed by atoms with Crippen LogP contribution in [0.25, 0.3) is 0 Å². The summed E-state index contributed by atoms with van der Waals surface area (Å²) < 4.78 is 16.7. The first-order valence-electron chi connectivity index (χ1n) is 31.2. The van der Waals surface area contributed by atoms with E-state index in [9.17, 15) is 14.4 Å². The highest BCUT2D eigenvalue weighted by atomic mass is 16.6. The van der Waals surface area contributed by atoms with Gasteiger partial charge >= 0.3 is 17.9 Å². The highest BCUT2D eigenvalue weighted by Crippen LogP contribution is 2.11. The summed E-state index contributed by atoms with van der Waals surface area (Å²) in [6.07, 6.45) is 104. The first kappa shape index (κ1) is 74.7. The Balaban J connectivity index is 4.47. The summed E-state index contributed by atoms with van der Waals surface area (Å²) in [6.45, 7) is 6.13. The number of esters is 3. The molecule has 0 aromatic rings. The molecule has 1 atom stereocenters. The number of ether oxygens (including phenoxy) is 3. The van der Waals surface area contributed by atoms with Crippen LogP contribution < -0.4 is 0 Å². The van der Waals surface area contributed by atoms with Gasteiger partial charge in [0, 0.05) is 19.3 Å². The van der Waals surface area contributed by atoms with E-state index in [0.29, 0.717) is 19.3 Å². The molecule has 0 aromatic carbocycles. The van der Waals surface area contributed by atoms with E-state index in [0.717, 1.165) is 161 Å². The number of carbonyl (C=O) groups is 3. The molecule has 1 unspecified atom stereocenters. The molecule has 0 N–H and O–H groups in total. The fourth-order valence-electron chi connectivity index (χ4n) is 7.42. The van der Waals surface area contributed by atoms with Crippen LogP contribution in [-0.2, 0) is 28.6 Å². The Morgan fingerprint density at radius 1 is 0.247 bits per heavy atom. The van der Waals surface area contributed by atoms with Gasteiger partial charge in [0.1, 0.15) is 13.2 Å². The molecular weight excluding hydrogens is 997 g/mol. The first-order chi connectivity index (χ1) is 40.0. The Labute approximate surface area is 495 Å². The summed E-state index contributed by atoms with van der Waals surface area (Å²) in [5.74, 6) is -1.12. The van der Waals surface area contributed by atoms with Crippen molar-refractivity contribution < 1.29 is 28.6 Å². The molecule has 0 amide bonds. The molecule has 0 aromatic heterocycles. The highest BCUT2D eigenvalue weighted by molar-refractivity contribution is 5.71. The molecule has 0 radical (unpaired) electrons. The van der Waals surface area contributed by atoms with E-state index < -0.39 is 12.1 Å². The van der Waals surface area contributed by atoms with E-state index in [1.165, 1.54) is 0 Å². The molecule has 0 aliphatic carbocycles. The molecule has 0 rings (SSSR count). The summed E-state index contributed by atoms with van der Waals surface area (Å²) >= 11 is 0. The van der Waals surface area contributed by atoms with Crippen LogP contribution in [0.3, 0.4) is 0 Å². The van der Waals surface area contributed by atoms with Gasteiger partial charge in [-0.25, -0.2) is 0 Å². The van der Waals surface area contributed by atoms with Crippen molar-refractivity contribution in [2.45, 2.75) is 219 Å². The van der Waals surface area contributed by atoms with Gasteiger partial charge in [0.15, 0.2) is 6.10 Å². The Bertz CT molecular complexity index is 2050. The molecule has 0 bridgehead atoms. The molecule has 0 aliphatic rings. The Hall–Kier alpha value is -6.27. The first-order valence-corrected chi connectivity index (χ1v) is 31.2. The van der Waals surface area contributed by atoms with Gasteiger partial charge in [-0.3, -0.25) is 14.4 Å². The third-order valence-corrected chi connectivity index (χ3v) is 12.0. The van der Waals surface area contributed by atoms with Crippen LogP contribution in [0.4, 0.5) is 0 Å². The summed E-state index contributed by atoms with van der Waals surface area (Å²) in [5, 5.41) is 0. The second-order valence-corrected chi connectivity index (χ2v) is 19.5. The van der Waals surface area contributed by atoms with Gasteiger partial charge in [-0.15, -0.1) is 0 Å². The van der Waals surface area contributed by atoms with Crippen molar-refractivity contribution >= 4 is 17.9 Å². The molecule has 0 heterocycles. The summed E-state index contributed by atoms with van der Waals surface area (Å²) in [5.41, 5.74) is 0.